The molecule has 1 aromatic rings. The summed E-state index contributed by atoms with van der Waals surface area (Å²) in [6.07, 6.45) is 9.77. The number of hydrogen-bond acceptors (Lipinski definition) is 6. The topological polar surface area (TPSA) is 90.1 Å². The van der Waals surface area contributed by atoms with Gasteiger partial charge < -0.3 is 9.84 Å². The highest BCUT2D eigenvalue weighted by Crippen LogP contribution is 2.68. The molecule has 178 valence electrons. The Bertz CT molecular complexity index is 869. The number of ketones is 1. The summed E-state index contributed by atoms with van der Waals surface area (Å²) in [6, 6.07) is 0. The van der Waals surface area contributed by atoms with E-state index < -0.39 is 5.60 Å². The second kappa shape index (κ2) is 7.86. The lowest BCUT2D eigenvalue weighted by Crippen LogP contribution is -2.58. The lowest BCUT2D eigenvalue weighted by atomic mass is 9.43. The first-order chi connectivity index (χ1) is 15.2. The van der Waals surface area contributed by atoms with Crippen molar-refractivity contribution in [3.05, 3.63) is 5.82 Å². The van der Waals surface area contributed by atoms with Crippen LogP contribution in [-0.2, 0) is 16.1 Å². The van der Waals surface area contributed by atoms with Gasteiger partial charge in [0.1, 0.15) is 12.4 Å². The molecule has 5 rings (SSSR count). The van der Waals surface area contributed by atoms with Gasteiger partial charge in [0.2, 0.25) is 0 Å². The van der Waals surface area contributed by atoms with Crippen molar-refractivity contribution < 1.29 is 14.6 Å². The van der Waals surface area contributed by atoms with Crippen molar-refractivity contribution in [2.75, 3.05) is 13.7 Å². The minimum atomic E-state index is -0.531. The maximum atomic E-state index is 13.4. The number of carbonyl (C=O) groups is 1. The van der Waals surface area contributed by atoms with E-state index in [0.717, 1.165) is 45.1 Å². The minimum absolute atomic E-state index is 0.0847. The van der Waals surface area contributed by atoms with E-state index in [9.17, 15) is 9.90 Å². The molecule has 1 unspecified atom stereocenters. The largest absolute Gasteiger partial charge is 0.390 e. The number of rotatable bonds is 5. The van der Waals surface area contributed by atoms with Crippen LogP contribution >= 0.6 is 0 Å². The molecule has 7 heteroatoms. The van der Waals surface area contributed by atoms with Crippen molar-refractivity contribution in [1.29, 1.82) is 0 Å². The van der Waals surface area contributed by atoms with Gasteiger partial charge in [-0.15, -0.1) is 5.10 Å². The summed E-state index contributed by atoms with van der Waals surface area (Å²) in [5.74, 6) is 3.62. The average molecular weight is 445 g/mol. The molecule has 0 aliphatic heterocycles. The fraction of sp³-hybridized carbons (Fsp3) is 0.920. The smallest absolute Gasteiger partial charge is 0.158 e. The second-order valence-electron chi connectivity index (χ2n) is 12.0. The van der Waals surface area contributed by atoms with Crippen LogP contribution in [0.15, 0.2) is 0 Å². The molecule has 0 amide bonds. The van der Waals surface area contributed by atoms with Crippen molar-refractivity contribution in [1.82, 2.24) is 20.2 Å². The van der Waals surface area contributed by atoms with Crippen LogP contribution in [0.5, 0.6) is 0 Å². The summed E-state index contributed by atoms with van der Waals surface area (Å²) < 4.78 is 7.52. The summed E-state index contributed by atoms with van der Waals surface area (Å²) in [5, 5.41) is 22.5. The van der Waals surface area contributed by atoms with Crippen molar-refractivity contribution in [3.8, 4) is 0 Å². The third kappa shape index (κ3) is 3.37. The Kier molecular flexibility index (Phi) is 5.52. The number of Topliss-reactive ketones (excluding diaryl/α,β-unsaturated/α-hetero) is 1. The van der Waals surface area contributed by atoms with Crippen molar-refractivity contribution >= 4 is 5.78 Å². The molecular formula is C25H40N4O3. The van der Waals surface area contributed by atoms with Crippen molar-refractivity contribution in [2.45, 2.75) is 90.7 Å². The Hall–Kier alpha value is -1.34. The molecule has 1 N–H and O–H groups in total. The van der Waals surface area contributed by atoms with Gasteiger partial charge in [0.25, 0.3) is 0 Å². The van der Waals surface area contributed by atoms with Gasteiger partial charge in [-0.25, -0.2) is 4.68 Å². The number of aliphatic hydroxyl groups is 1. The maximum absolute atomic E-state index is 13.4. The number of nitrogens with zero attached hydrogens (tertiary/aromatic N) is 4. The van der Waals surface area contributed by atoms with Crippen molar-refractivity contribution in [2.24, 2.45) is 40.4 Å². The predicted molar refractivity (Wildman–Crippen MR) is 120 cm³/mol. The van der Waals surface area contributed by atoms with Crippen LogP contribution in [0.25, 0.3) is 0 Å². The van der Waals surface area contributed by atoms with E-state index in [4.69, 9.17) is 4.74 Å². The minimum Gasteiger partial charge on any atom is -0.390 e. The molecule has 0 bridgehead atoms. The highest BCUT2D eigenvalue weighted by molar-refractivity contribution is 5.82. The Morgan fingerprint density at radius 2 is 1.94 bits per heavy atom. The molecule has 32 heavy (non-hydrogen) atoms. The van der Waals surface area contributed by atoms with E-state index in [2.05, 4.69) is 22.4 Å². The number of aryl methyl sites for hydroxylation is 1. The number of carbonyl (C=O) groups excluding carboxylic acids is 1. The quantitative estimate of drug-likeness (QED) is 0.746. The zero-order valence-corrected chi connectivity index (χ0v) is 20.2. The zero-order valence-electron chi connectivity index (χ0n) is 20.2. The van der Waals surface area contributed by atoms with E-state index in [-0.39, 0.29) is 16.7 Å². The summed E-state index contributed by atoms with van der Waals surface area (Å²) in [4.78, 5) is 13.4. The van der Waals surface area contributed by atoms with Gasteiger partial charge >= 0.3 is 0 Å². The number of ether oxygens (including phenoxy) is 1. The fourth-order valence-electron chi connectivity index (χ4n) is 8.97. The SMILES string of the molecule is COC[C@]12CC[C@@](C)(O)C[C@@H]1CC[C@H]1[C@@H]3CC[C@H](C(=O)Cn4nnnc4C)C3(C)CC[C@@H]12. The van der Waals surface area contributed by atoms with Crippen LogP contribution in [0, 0.1) is 47.3 Å². The molecule has 8 atom stereocenters. The van der Waals surface area contributed by atoms with E-state index in [1.807, 2.05) is 21.0 Å². The monoisotopic (exact) mass is 444 g/mol. The number of methoxy groups -OCH3 is 1. The number of aromatic nitrogens is 4. The van der Waals surface area contributed by atoms with Crippen LogP contribution < -0.4 is 0 Å². The molecule has 4 fully saturated rings. The van der Waals surface area contributed by atoms with Crippen LogP contribution in [0.3, 0.4) is 0 Å². The second-order valence-corrected chi connectivity index (χ2v) is 12.0. The molecule has 0 spiro atoms. The van der Waals surface area contributed by atoms with Gasteiger partial charge in [-0.05, 0) is 117 Å². The van der Waals surface area contributed by atoms with Gasteiger partial charge in [-0.3, -0.25) is 4.79 Å². The van der Waals surface area contributed by atoms with Gasteiger partial charge in [-0.2, -0.15) is 0 Å². The van der Waals surface area contributed by atoms with E-state index in [1.54, 1.807) is 4.68 Å². The Balaban J connectivity index is 1.38. The van der Waals surface area contributed by atoms with E-state index >= 15 is 0 Å². The summed E-state index contributed by atoms with van der Waals surface area (Å²) in [7, 11) is 1.85. The Morgan fingerprint density at radius 3 is 2.66 bits per heavy atom. The lowest BCUT2D eigenvalue weighted by Gasteiger charge is -2.62. The van der Waals surface area contributed by atoms with Gasteiger partial charge in [0, 0.05) is 13.0 Å². The highest BCUT2D eigenvalue weighted by atomic mass is 16.5. The Labute approximate surface area is 191 Å². The van der Waals surface area contributed by atoms with Crippen LogP contribution in [0.2, 0.25) is 0 Å². The first-order valence-electron chi connectivity index (χ1n) is 12.7. The molecule has 4 saturated carbocycles. The van der Waals surface area contributed by atoms with E-state index in [0.29, 0.717) is 41.8 Å². The summed E-state index contributed by atoms with van der Waals surface area (Å²) in [6.45, 7) is 7.39. The Morgan fingerprint density at radius 1 is 1.12 bits per heavy atom. The normalized spacial score (nSPS) is 45.7. The van der Waals surface area contributed by atoms with Crippen molar-refractivity contribution in [3.63, 3.8) is 0 Å². The van der Waals surface area contributed by atoms with Crippen LogP contribution in [-0.4, -0.2) is 50.4 Å². The molecule has 4 aliphatic carbocycles. The summed E-state index contributed by atoms with van der Waals surface area (Å²) in [5.41, 5.74) is -0.245. The molecule has 1 heterocycles. The van der Waals surface area contributed by atoms with Gasteiger partial charge in [0.05, 0.1) is 12.2 Å². The van der Waals surface area contributed by atoms with E-state index in [1.165, 1.54) is 19.3 Å². The first-order valence-corrected chi connectivity index (χ1v) is 12.7. The molecule has 1 aromatic heterocycles. The number of tetrazole rings is 1. The molecule has 0 aromatic carbocycles. The molecule has 0 radical (unpaired) electrons. The first kappa shape index (κ1) is 22.5. The van der Waals surface area contributed by atoms with Gasteiger partial charge in [0.15, 0.2) is 5.78 Å². The fourth-order valence-corrected chi connectivity index (χ4v) is 8.97. The lowest BCUT2D eigenvalue weighted by molar-refractivity contribution is -0.175. The third-order valence-electron chi connectivity index (χ3n) is 10.5. The summed E-state index contributed by atoms with van der Waals surface area (Å²) >= 11 is 0. The third-order valence-corrected chi connectivity index (χ3v) is 10.5. The molecule has 0 saturated heterocycles. The standard InChI is InChI=1S/C25H40N4O3/c1-16-26-27-28-29(16)14-22(30)21-8-7-19-18-6-5-17-13-23(2,31)11-12-25(17,15-32-4)20(18)9-10-24(19,21)3/h17-21,31H,5-15H2,1-4H3/t17-,18-,19-,20-,21+,23+,24?,25+/m0/s1. The van der Waals surface area contributed by atoms with Gasteiger partial charge in [-0.1, -0.05) is 6.92 Å². The number of hydrogen-bond donors (Lipinski definition) is 1. The average Bonchev–Trinajstić information content (AvgIpc) is 3.30. The molecule has 7 nitrogen and oxygen atoms in total. The maximum Gasteiger partial charge on any atom is 0.158 e. The molecule has 4 aliphatic rings. The molecular weight excluding hydrogens is 404 g/mol. The van der Waals surface area contributed by atoms with Crippen LogP contribution in [0.4, 0.5) is 0 Å². The number of fused-ring (bicyclic) bond motifs is 5. The highest BCUT2D eigenvalue weighted by Gasteiger charge is 2.63. The van der Waals surface area contributed by atoms with Crippen LogP contribution in [0.1, 0.15) is 77.5 Å². The zero-order chi connectivity index (χ0) is 22.7. The predicted octanol–water partition coefficient (Wildman–Crippen LogP) is 3.59.